The topological polar surface area (TPSA) is 116 Å². The van der Waals surface area contributed by atoms with Crippen LogP contribution in [0.5, 0.6) is 0 Å². The molecule has 1 unspecified atom stereocenters. The van der Waals surface area contributed by atoms with E-state index >= 15 is 0 Å². The molecule has 0 fully saturated rings. The fourth-order valence-corrected chi connectivity index (χ4v) is 1.87. The van der Waals surface area contributed by atoms with Gasteiger partial charge in [0.2, 0.25) is 5.91 Å². The summed E-state index contributed by atoms with van der Waals surface area (Å²) in [5.41, 5.74) is 5.53. The molecule has 3 N–H and O–H groups in total. The fraction of sp³-hybridized carbons (Fsp3) is 0.667. The third-order valence-electron chi connectivity index (χ3n) is 2.80. The van der Waals surface area contributed by atoms with Crippen molar-refractivity contribution in [1.29, 1.82) is 0 Å². The Morgan fingerprint density at radius 1 is 1.60 bits per heavy atom. The van der Waals surface area contributed by atoms with Crippen LogP contribution in [0.1, 0.15) is 26.7 Å². The van der Waals surface area contributed by atoms with Crippen LogP contribution in [0.2, 0.25) is 0 Å². The number of hydrogen-bond donors (Lipinski definition) is 2. The minimum Gasteiger partial charge on any atom is -0.352 e. The summed E-state index contributed by atoms with van der Waals surface area (Å²) < 4.78 is 1.39. The smallest absolute Gasteiger partial charge is 0.306 e. The predicted octanol–water partition coefficient (Wildman–Crippen LogP) is 0.671. The number of nitrogens with one attached hydrogen (secondary N) is 1. The molecule has 0 spiro atoms. The zero-order chi connectivity index (χ0) is 15.1. The van der Waals surface area contributed by atoms with Crippen molar-refractivity contribution < 1.29 is 9.72 Å². The van der Waals surface area contributed by atoms with Gasteiger partial charge in [-0.2, -0.15) is 5.10 Å². The second-order valence-electron chi connectivity index (χ2n) is 5.10. The molecule has 0 saturated carbocycles. The average Bonchev–Trinajstić information content (AvgIpc) is 2.84. The molecular weight excluding hydrogens is 262 g/mol. The van der Waals surface area contributed by atoms with Gasteiger partial charge in [0.1, 0.15) is 12.4 Å². The lowest BCUT2D eigenvalue weighted by Crippen LogP contribution is -2.41. The van der Waals surface area contributed by atoms with Crippen LogP contribution in [0, 0.1) is 16.0 Å². The van der Waals surface area contributed by atoms with E-state index in [4.69, 9.17) is 5.73 Å². The molecule has 0 aromatic carbocycles. The standard InChI is InChI=1S/C12H21N5O3/c1-9(2)5-10(6-13)15-12(18)3-4-16-8-11(7-14-16)17(19)20/h7-10H,3-6,13H2,1-2H3,(H,15,18). The number of aromatic nitrogens is 2. The van der Waals surface area contributed by atoms with Crippen LogP contribution in [0.15, 0.2) is 12.4 Å². The van der Waals surface area contributed by atoms with E-state index in [0.29, 0.717) is 19.0 Å². The first kappa shape index (κ1) is 16.1. The lowest BCUT2D eigenvalue weighted by molar-refractivity contribution is -0.385. The van der Waals surface area contributed by atoms with Crippen LogP contribution >= 0.6 is 0 Å². The Labute approximate surface area is 117 Å². The maximum absolute atomic E-state index is 11.8. The van der Waals surface area contributed by atoms with Crippen molar-refractivity contribution in [2.75, 3.05) is 6.54 Å². The molecule has 0 aliphatic carbocycles. The number of carbonyl (C=O) groups is 1. The number of nitrogens with zero attached hydrogens (tertiary/aromatic N) is 3. The minimum absolute atomic E-state index is 0.0329. The van der Waals surface area contributed by atoms with Crippen LogP contribution < -0.4 is 11.1 Å². The van der Waals surface area contributed by atoms with Gasteiger partial charge in [0, 0.05) is 25.6 Å². The quantitative estimate of drug-likeness (QED) is 0.537. The normalized spacial score (nSPS) is 12.4. The van der Waals surface area contributed by atoms with Gasteiger partial charge in [0.05, 0.1) is 4.92 Å². The predicted molar refractivity (Wildman–Crippen MR) is 73.9 cm³/mol. The molecular formula is C12H21N5O3. The molecule has 112 valence electrons. The number of aryl methyl sites for hydroxylation is 1. The molecule has 0 saturated heterocycles. The Balaban J connectivity index is 2.40. The summed E-state index contributed by atoms with van der Waals surface area (Å²) in [7, 11) is 0. The Morgan fingerprint density at radius 2 is 2.30 bits per heavy atom. The van der Waals surface area contributed by atoms with Gasteiger partial charge in [-0.05, 0) is 12.3 Å². The van der Waals surface area contributed by atoms with E-state index in [-0.39, 0.29) is 24.1 Å². The molecule has 0 aliphatic rings. The first-order valence-corrected chi connectivity index (χ1v) is 6.58. The van der Waals surface area contributed by atoms with Gasteiger partial charge in [-0.3, -0.25) is 19.6 Å². The number of amides is 1. The van der Waals surface area contributed by atoms with Crippen molar-refractivity contribution in [2.24, 2.45) is 11.7 Å². The van der Waals surface area contributed by atoms with Crippen LogP contribution in [0.3, 0.4) is 0 Å². The lowest BCUT2D eigenvalue weighted by Gasteiger charge is -2.18. The van der Waals surface area contributed by atoms with E-state index in [1.165, 1.54) is 17.1 Å². The zero-order valence-electron chi connectivity index (χ0n) is 11.8. The summed E-state index contributed by atoms with van der Waals surface area (Å²) in [5, 5.41) is 17.2. The molecule has 0 bridgehead atoms. The van der Waals surface area contributed by atoms with Gasteiger partial charge >= 0.3 is 5.69 Å². The molecule has 8 heteroatoms. The SMILES string of the molecule is CC(C)CC(CN)NC(=O)CCn1cc([N+](=O)[O-])cn1. The zero-order valence-corrected chi connectivity index (χ0v) is 11.8. The highest BCUT2D eigenvalue weighted by Gasteiger charge is 2.13. The molecule has 1 amide bonds. The van der Waals surface area contributed by atoms with E-state index in [1.54, 1.807) is 0 Å². The van der Waals surface area contributed by atoms with Crippen LogP contribution in [0.4, 0.5) is 5.69 Å². The molecule has 0 radical (unpaired) electrons. The number of rotatable bonds is 8. The summed E-state index contributed by atoms with van der Waals surface area (Å²) >= 11 is 0. The van der Waals surface area contributed by atoms with Gasteiger partial charge in [-0.25, -0.2) is 0 Å². The molecule has 20 heavy (non-hydrogen) atoms. The molecule has 1 aromatic heterocycles. The third kappa shape index (κ3) is 5.35. The van der Waals surface area contributed by atoms with Crippen molar-refractivity contribution in [3.8, 4) is 0 Å². The summed E-state index contributed by atoms with van der Waals surface area (Å²) in [5.74, 6) is 0.330. The summed E-state index contributed by atoms with van der Waals surface area (Å²) in [6.45, 7) is 4.84. The van der Waals surface area contributed by atoms with Crippen LogP contribution in [-0.4, -0.2) is 33.2 Å². The Morgan fingerprint density at radius 3 is 2.80 bits per heavy atom. The molecule has 1 atom stereocenters. The maximum Gasteiger partial charge on any atom is 0.306 e. The second kappa shape index (κ2) is 7.59. The van der Waals surface area contributed by atoms with Crippen LogP contribution in [-0.2, 0) is 11.3 Å². The van der Waals surface area contributed by atoms with Crippen molar-refractivity contribution in [3.63, 3.8) is 0 Å². The highest BCUT2D eigenvalue weighted by atomic mass is 16.6. The van der Waals surface area contributed by atoms with Crippen molar-refractivity contribution in [3.05, 3.63) is 22.5 Å². The van der Waals surface area contributed by atoms with Gasteiger partial charge in [-0.15, -0.1) is 0 Å². The van der Waals surface area contributed by atoms with Gasteiger partial charge in [0.15, 0.2) is 0 Å². The number of carbonyl (C=O) groups excluding carboxylic acids is 1. The molecule has 1 heterocycles. The Bertz CT molecular complexity index is 458. The molecule has 8 nitrogen and oxygen atoms in total. The Hall–Kier alpha value is -1.96. The van der Waals surface area contributed by atoms with E-state index in [2.05, 4.69) is 24.3 Å². The second-order valence-corrected chi connectivity index (χ2v) is 5.10. The summed E-state index contributed by atoms with van der Waals surface area (Å²) in [4.78, 5) is 21.7. The molecule has 1 rings (SSSR count). The number of hydrogen-bond acceptors (Lipinski definition) is 5. The van der Waals surface area contributed by atoms with Crippen LogP contribution in [0.25, 0.3) is 0 Å². The van der Waals surface area contributed by atoms with E-state index in [1.807, 2.05) is 0 Å². The monoisotopic (exact) mass is 283 g/mol. The summed E-state index contributed by atoms with van der Waals surface area (Å²) in [6, 6.07) is -0.0329. The summed E-state index contributed by atoms with van der Waals surface area (Å²) in [6.07, 6.45) is 3.52. The highest BCUT2D eigenvalue weighted by molar-refractivity contribution is 5.76. The molecule has 0 aliphatic heterocycles. The lowest BCUT2D eigenvalue weighted by atomic mass is 10.0. The first-order chi connectivity index (χ1) is 9.42. The van der Waals surface area contributed by atoms with Crippen molar-refractivity contribution >= 4 is 11.6 Å². The first-order valence-electron chi connectivity index (χ1n) is 6.58. The Kier molecular flexibility index (Phi) is 6.10. The molecule has 1 aromatic rings. The van der Waals surface area contributed by atoms with Crippen molar-refractivity contribution in [1.82, 2.24) is 15.1 Å². The van der Waals surface area contributed by atoms with Gasteiger partial charge < -0.3 is 11.1 Å². The van der Waals surface area contributed by atoms with Gasteiger partial charge in [-0.1, -0.05) is 13.8 Å². The number of nitrogens with two attached hydrogens (primary N) is 1. The number of nitro groups is 1. The van der Waals surface area contributed by atoms with E-state index in [0.717, 1.165) is 6.42 Å². The fourth-order valence-electron chi connectivity index (χ4n) is 1.87. The van der Waals surface area contributed by atoms with Gasteiger partial charge in [0.25, 0.3) is 0 Å². The average molecular weight is 283 g/mol. The van der Waals surface area contributed by atoms with E-state index < -0.39 is 4.92 Å². The highest BCUT2D eigenvalue weighted by Crippen LogP contribution is 2.08. The van der Waals surface area contributed by atoms with E-state index in [9.17, 15) is 14.9 Å². The third-order valence-corrected chi connectivity index (χ3v) is 2.80. The maximum atomic E-state index is 11.8. The minimum atomic E-state index is -0.517. The van der Waals surface area contributed by atoms with Crippen molar-refractivity contribution in [2.45, 2.75) is 39.3 Å². The largest absolute Gasteiger partial charge is 0.352 e.